The van der Waals surface area contributed by atoms with Crippen molar-refractivity contribution in [3.05, 3.63) is 106 Å². The second kappa shape index (κ2) is 10.9. The van der Waals surface area contributed by atoms with Gasteiger partial charge in [0.25, 0.3) is 5.91 Å². The number of nitrogens with zero attached hydrogens (tertiary/aromatic N) is 3. The number of rotatable bonds is 6. The Labute approximate surface area is 231 Å². The number of fused-ring (bicyclic) bond motifs is 1. The van der Waals surface area contributed by atoms with Gasteiger partial charge in [-0.25, -0.2) is 8.78 Å². The Morgan fingerprint density at radius 3 is 2.05 bits per heavy atom. The molecule has 1 atom stereocenters. The molecule has 0 radical (unpaired) electrons. The number of benzene rings is 3. The Bertz CT molecular complexity index is 1390. The van der Waals surface area contributed by atoms with Crippen LogP contribution in [0.25, 0.3) is 0 Å². The van der Waals surface area contributed by atoms with Crippen LogP contribution in [0, 0.1) is 11.6 Å². The number of hydrogen-bond acceptors (Lipinski definition) is 5. The topological polar surface area (TPSA) is 73.0 Å². The van der Waals surface area contributed by atoms with E-state index in [-0.39, 0.29) is 35.9 Å². The number of carbonyl (C=O) groups is 3. The second-order valence-corrected chi connectivity index (χ2v) is 10.7. The van der Waals surface area contributed by atoms with Crippen LogP contribution in [0.3, 0.4) is 0 Å². The first-order valence-corrected chi connectivity index (χ1v) is 13.6. The van der Waals surface area contributed by atoms with Gasteiger partial charge in [-0.15, -0.1) is 0 Å². The van der Waals surface area contributed by atoms with E-state index in [1.165, 1.54) is 24.3 Å². The maximum Gasteiger partial charge on any atom is 0.255 e. The van der Waals surface area contributed by atoms with Crippen molar-refractivity contribution < 1.29 is 23.2 Å². The summed E-state index contributed by atoms with van der Waals surface area (Å²) in [5, 5.41) is 2.34. The first-order valence-electron chi connectivity index (χ1n) is 13.6. The van der Waals surface area contributed by atoms with Crippen molar-refractivity contribution in [2.24, 2.45) is 0 Å². The molecule has 0 aliphatic carbocycles. The molecule has 6 rings (SSSR count). The molecule has 3 amide bonds. The average Bonchev–Trinajstić information content (AvgIpc) is 3.27. The van der Waals surface area contributed by atoms with Crippen LogP contribution in [-0.4, -0.2) is 64.6 Å². The van der Waals surface area contributed by atoms with Gasteiger partial charge >= 0.3 is 0 Å². The van der Waals surface area contributed by atoms with E-state index < -0.39 is 11.9 Å². The highest BCUT2D eigenvalue weighted by molar-refractivity contribution is 6.05. The summed E-state index contributed by atoms with van der Waals surface area (Å²) < 4.78 is 27.3. The molecular weight excluding hydrogens is 514 g/mol. The fourth-order valence-corrected chi connectivity index (χ4v) is 6.04. The molecule has 3 heterocycles. The predicted molar refractivity (Wildman–Crippen MR) is 144 cm³/mol. The molecule has 7 nitrogen and oxygen atoms in total. The summed E-state index contributed by atoms with van der Waals surface area (Å²) in [6.07, 6.45) is 0.579. The molecule has 0 bridgehead atoms. The van der Waals surface area contributed by atoms with Crippen LogP contribution in [-0.2, 0) is 22.7 Å². The van der Waals surface area contributed by atoms with Crippen LogP contribution >= 0.6 is 0 Å². The molecule has 40 heavy (non-hydrogen) atoms. The lowest BCUT2D eigenvalue weighted by molar-refractivity contribution is -0.136. The number of hydrogen-bond donors (Lipinski definition) is 1. The zero-order valence-electron chi connectivity index (χ0n) is 22.0. The van der Waals surface area contributed by atoms with Crippen LogP contribution in [0.15, 0.2) is 66.7 Å². The second-order valence-electron chi connectivity index (χ2n) is 10.7. The number of halogens is 2. The molecule has 3 aliphatic rings. The van der Waals surface area contributed by atoms with Gasteiger partial charge in [0.15, 0.2) is 0 Å². The Morgan fingerprint density at radius 1 is 0.825 bits per heavy atom. The van der Waals surface area contributed by atoms with Crippen LogP contribution in [0.5, 0.6) is 0 Å². The molecule has 0 spiro atoms. The molecule has 1 unspecified atom stereocenters. The molecule has 0 aromatic heterocycles. The number of amides is 3. The lowest BCUT2D eigenvalue weighted by Crippen LogP contribution is -2.52. The van der Waals surface area contributed by atoms with Crippen molar-refractivity contribution in [2.45, 2.75) is 38.0 Å². The highest BCUT2D eigenvalue weighted by Crippen LogP contribution is 2.31. The van der Waals surface area contributed by atoms with Crippen molar-refractivity contribution in [1.29, 1.82) is 0 Å². The number of piperazine rings is 1. The third kappa shape index (κ3) is 5.26. The highest BCUT2D eigenvalue weighted by atomic mass is 19.1. The summed E-state index contributed by atoms with van der Waals surface area (Å²) in [7, 11) is 0. The number of imide groups is 1. The molecular formula is C31H30F2N4O3. The lowest BCUT2D eigenvalue weighted by atomic mass is 9.96. The van der Waals surface area contributed by atoms with E-state index in [0.717, 1.165) is 48.4 Å². The van der Waals surface area contributed by atoms with E-state index in [0.29, 0.717) is 25.1 Å². The van der Waals surface area contributed by atoms with E-state index in [1.54, 1.807) is 29.2 Å². The van der Waals surface area contributed by atoms with Gasteiger partial charge in [0.1, 0.15) is 17.7 Å². The minimum Gasteiger partial charge on any atom is -0.322 e. The summed E-state index contributed by atoms with van der Waals surface area (Å²) >= 11 is 0. The van der Waals surface area contributed by atoms with E-state index in [4.69, 9.17) is 0 Å². The first kappa shape index (κ1) is 26.3. The van der Waals surface area contributed by atoms with Gasteiger partial charge in [-0.05, 0) is 59.0 Å². The summed E-state index contributed by atoms with van der Waals surface area (Å²) in [6, 6.07) is 18.2. The Morgan fingerprint density at radius 2 is 1.45 bits per heavy atom. The minimum atomic E-state index is -0.621. The molecule has 9 heteroatoms. The van der Waals surface area contributed by atoms with Gasteiger partial charge in [-0.3, -0.25) is 29.5 Å². The standard InChI is InChI=1S/C31H30F2N4O3/c32-24-7-3-21(4-8-24)29(22-5-9-25(33)10-6-22)36-15-13-35(14-16-36)18-20-1-2-23-19-37(31(40)26(23)17-20)27-11-12-28(38)34-30(27)39/h1-10,17,27,29H,11-16,18-19H2,(H,34,38,39). The quantitative estimate of drug-likeness (QED) is 0.480. The average molecular weight is 545 g/mol. The molecule has 2 fully saturated rings. The van der Waals surface area contributed by atoms with E-state index in [9.17, 15) is 23.2 Å². The molecule has 0 saturated carbocycles. The molecule has 206 valence electrons. The van der Waals surface area contributed by atoms with Crippen LogP contribution in [0.1, 0.15) is 51.5 Å². The van der Waals surface area contributed by atoms with E-state index >= 15 is 0 Å². The fraction of sp³-hybridized carbons (Fsp3) is 0.323. The molecule has 3 aliphatic heterocycles. The van der Waals surface area contributed by atoms with Crippen molar-refractivity contribution in [3.8, 4) is 0 Å². The maximum atomic E-state index is 13.6. The maximum absolute atomic E-state index is 13.6. The fourth-order valence-electron chi connectivity index (χ4n) is 6.04. The minimum absolute atomic E-state index is 0.112. The van der Waals surface area contributed by atoms with Crippen LogP contribution in [0.4, 0.5) is 8.78 Å². The number of piperidine rings is 1. The van der Waals surface area contributed by atoms with Gasteiger partial charge in [0.05, 0.1) is 6.04 Å². The van der Waals surface area contributed by atoms with E-state index in [2.05, 4.69) is 15.1 Å². The zero-order valence-corrected chi connectivity index (χ0v) is 22.0. The van der Waals surface area contributed by atoms with Crippen molar-refractivity contribution in [3.63, 3.8) is 0 Å². The predicted octanol–water partition coefficient (Wildman–Crippen LogP) is 3.63. The largest absolute Gasteiger partial charge is 0.322 e. The van der Waals surface area contributed by atoms with Gasteiger partial charge in [0, 0.05) is 51.3 Å². The lowest BCUT2D eigenvalue weighted by Gasteiger charge is -2.40. The Balaban J connectivity index is 1.12. The highest BCUT2D eigenvalue weighted by Gasteiger charge is 2.39. The van der Waals surface area contributed by atoms with Gasteiger partial charge < -0.3 is 4.90 Å². The van der Waals surface area contributed by atoms with Gasteiger partial charge in [-0.2, -0.15) is 0 Å². The SMILES string of the molecule is O=C1CCC(N2Cc3ccc(CN4CCN(C(c5ccc(F)cc5)c5ccc(F)cc5)CC4)cc3C2=O)C(=O)N1. The van der Waals surface area contributed by atoms with Crippen molar-refractivity contribution >= 4 is 17.7 Å². The summed E-state index contributed by atoms with van der Waals surface area (Å²) in [5.74, 6) is -1.46. The molecule has 3 aromatic rings. The smallest absolute Gasteiger partial charge is 0.255 e. The molecule has 2 saturated heterocycles. The van der Waals surface area contributed by atoms with Gasteiger partial charge in [-0.1, -0.05) is 36.4 Å². The van der Waals surface area contributed by atoms with E-state index in [1.807, 2.05) is 18.2 Å². The number of carbonyl (C=O) groups excluding carboxylic acids is 3. The summed E-state index contributed by atoms with van der Waals surface area (Å²) in [5.41, 5.74) is 4.45. The third-order valence-corrected chi connectivity index (χ3v) is 8.14. The van der Waals surface area contributed by atoms with Crippen molar-refractivity contribution in [1.82, 2.24) is 20.0 Å². The monoisotopic (exact) mass is 544 g/mol. The Hall–Kier alpha value is -3.95. The number of nitrogens with one attached hydrogen (secondary N) is 1. The zero-order chi connectivity index (χ0) is 27.8. The third-order valence-electron chi connectivity index (χ3n) is 8.14. The van der Waals surface area contributed by atoms with Crippen LogP contribution < -0.4 is 5.32 Å². The first-order chi connectivity index (χ1) is 19.4. The summed E-state index contributed by atoms with van der Waals surface area (Å²) in [4.78, 5) is 43.3. The molecule has 3 aromatic carbocycles. The van der Waals surface area contributed by atoms with Crippen molar-refractivity contribution in [2.75, 3.05) is 26.2 Å². The normalized spacial score (nSPS) is 20.2. The Kier molecular flexibility index (Phi) is 7.16. The summed E-state index contributed by atoms with van der Waals surface area (Å²) in [6.45, 7) is 4.19. The van der Waals surface area contributed by atoms with Crippen LogP contribution in [0.2, 0.25) is 0 Å². The van der Waals surface area contributed by atoms with Gasteiger partial charge in [0.2, 0.25) is 11.8 Å². The molecule has 1 N–H and O–H groups in total.